The lowest BCUT2D eigenvalue weighted by atomic mass is 9.72. The summed E-state index contributed by atoms with van der Waals surface area (Å²) in [6.45, 7) is 7.61. The van der Waals surface area contributed by atoms with Gasteiger partial charge in [-0.2, -0.15) is 0 Å². The van der Waals surface area contributed by atoms with Crippen LogP contribution < -0.4 is 5.32 Å². The van der Waals surface area contributed by atoms with Crippen molar-refractivity contribution in [1.29, 1.82) is 0 Å². The van der Waals surface area contributed by atoms with E-state index in [1.165, 1.54) is 6.42 Å². The molecule has 1 unspecified atom stereocenters. The highest BCUT2D eigenvalue weighted by Gasteiger charge is 2.34. The van der Waals surface area contributed by atoms with Crippen molar-refractivity contribution < 1.29 is 14.3 Å². The van der Waals surface area contributed by atoms with Gasteiger partial charge in [-0.15, -0.1) is 0 Å². The molecule has 166 valence electrons. The molecule has 1 aliphatic rings. The number of hydrogen-bond acceptors (Lipinski definition) is 3. The Morgan fingerprint density at radius 1 is 1.13 bits per heavy atom. The van der Waals surface area contributed by atoms with Gasteiger partial charge in [0, 0.05) is 16.6 Å². The van der Waals surface area contributed by atoms with Gasteiger partial charge < -0.3 is 10.1 Å². The van der Waals surface area contributed by atoms with Crippen LogP contribution in [0.15, 0.2) is 46.9 Å². The van der Waals surface area contributed by atoms with E-state index in [1.54, 1.807) is 0 Å². The molecule has 5 heteroatoms. The first-order valence-electron chi connectivity index (χ1n) is 11.0. The minimum absolute atomic E-state index is 0.0411. The summed E-state index contributed by atoms with van der Waals surface area (Å²) in [6, 6.07) is 13.9. The summed E-state index contributed by atoms with van der Waals surface area (Å²) >= 11 is 3.48. The number of rotatable bonds is 7. The largest absolute Gasteiger partial charge is 0.460 e. The van der Waals surface area contributed by atoms with Gasteiger partial charge in [-0.05, 0) is 87.8 Å². The number of nitrogens with one attached hydrogen (secondary N) is 1. The molecule has 1 saturated carbocycles. The number of carbonyl (C=O) groups excluding carboxylic acids is 2. The summed E-state index contributed by atoms with van der Waals surface area (Å²) in [5, 5.41) is 3.17. The second-order valence-electron chi connectivity index (χ2n) is 9.39. The Kier molecular flexibility index (Phi) is 7.58. The third-order valence-electron chi connectivity index (χ3n) is 5.86. The van der Waals surface area contributed by atoms with Gasteiger partial charge >= 0.3 is 5.97 Å². The molecule has 0 saturated heterocycles. The van der Waals surface area contributed by atoms with Crippen molar-refractivity contribution in [3.63, 3.8) is 0 Å². The van der Waals surface area contributed by atoms with E-state index >= 15 is 0 Å². The van der Waals surface area contributed by atoms with Crippen LogP contribution in [0.25, 0.3) is 0 Å². The van der Waals surface area contributed by atoms with Crippen molar-refractivity contribution >= 4 is 33.5 Å². The average Bonchev–Trinajstić information content (AvgIpc) is 2.64. The van der Waals surface area contributed by atoms with E-state index in [2.05, 4.69) is 21.2 Å². The molecule has 1 atom stereocenters. The zero-order chi connectivity index (χ0) is 22.6. The van der Waals surface area contributed by atoms with Crippen LogP contribution in [0, 0.1) is 12.8 Å². The maximum Gasteiger partial charge on any atom is 0.306 e. The molecule has 2 aromatic rings. The third kappa shape index (κ3) is 6.42. The molecule has 0 radical (unpaired) electrons. The molecule has 1 amide bonds. The highest BCUT2D eigenvalue weighted by Crippen LogP contribution is 2.40. The van der Waals surface area contributed by atoms with Crippen LogP contribution >= 0.6 is 15.9 Å². The van der Waals surface area contributed by atoms with Gasteiger partial charge in [-0.3, -0.25) is 9.59 Å². The predicted molar refractivity (Wildman–Crippen MR) is 128 cm³/mol. The lowest BCUT2D eigenvalue weighted by Crippen LogP contribution is -2.31. The monoisotopic (exact) mass is 485 g/mol. The number of amides is 1. The van der Waals surface area contributed by atoms with E-state index in [0.717, 1.165) is 39.7 Å². The zero-order valence-corrected chi connectivity index (χ0v) is 20.4. The van der Waals surface area contributed by atoms with E-state index < -0.39 is 5.60 Å². The second-order valence-corrected chi connectivity index (χ2v) is 10.3. The Hall–Kier alpha value is -2.14. The minimum atomic E-state index is -0.481. The molecule has 0 aliphatic heterocycles. The van der Waals surface area contributed by atoms with E-state index in [0.29, 0.717) is 18.8 Å². The van der Waals surface area contributed by atoms with Gasteiger partial charge in [-0.1, -0.05) is 46.6 Å². The van der Waals surface area contributed by atoms with E-state index in [1.807, 2.05) is 70.2 Å². The number of halogens is 1. The summed E-state index contributed by atoms with van der Waals surface area (Å²) < 4.78 is 6.43. The van der Waals surface area contributed by atoms with Gasteiger partial charge in [0.1, 0.15) is 5.60 Å². The standard InChI is InChI=1S/C26H32BrNO3/c1-17-18(13-16-23(29)31-26(2,3)4)7-6-10-22(17)28-25(30)24(19-8-5-9-19)20-11-14-21(27)15-12-20/h6-7,10-12,14-15,19,24H,5,8-9,13,16H2,1-4H3,(H,28,30). The van der Waals surface area contributed by atoms with Gasteiger partial charge in [0.2, 0.25) is 5.91 Å². The molecular weight excluding hydrogens is 454 g/mol. The topological polar surface area (TPSA) is 55.4 Å². The van der Waals surface area contributed by atoms with Crippen LogP contribution in [0.3, 0.4) is 0 Å². The molecule has 3 rings (SSSR count). The highest BCUT2D eigenvalue weighted by molar-refractivity contribution is 9.10. The number of benzene rings is 2. The Labute approximate surface area is 193 Å². The van der Waals surface area contributed by atoms with Gasteiger partial charge in [-0.25, -0.2) is 0 Å². The van der Waals surface area contributed by atoms with Crippen LogP contribution in [0.1, 0.15) is 69.1 Å². The first-order valence-corrected chi connectivity index (χ1v) is 11.8. The number of carbonyl (C=O) groups is 2. The highest BCUT2D eigenvalue weighted by atomic mass is 79.9. The van der Waals surface area contributed by atoms with Crippen molar-refractivity contribution in [1.82, 2.24) is 0 Å². The maximum absolute atomic E-state index is 13.3. The molecule has 4 nitrogen and oxygen atoms in total. The molecule has 1 N–H and O–H groups in total. The van der Waals surface area contributed by atoms with Crippen LogP contribution in [0.5, 0.6) is 0 Å². The van der Waals surface area contributed by atoms with E-state index in [9.17, 15) is 9.59 Å². The summed E-state index contributed by atoms with van der Waals surface area (Å²) in [5.74, 6) is 0.0736. The van der Waals surface area contributed by atoms with Crippen LogP contribution in [-0.2, 0) is 20.7 Å². The van der Waals surface area contributed by atoms with E-state index in [4.69, 9.17) is 4.74 Å². The fourth-order valence-electron chi connectivity index (χ4n) is 4.01. The van der Waals surface area contributed by atoms with Gasteiger partial charge in [0.05, 0.1) is 5.92 Å². The number of ether oxygens (including phenoxy) is 1. The van der Waals surface area contributed by atoms with Crippen LogP contribution in [0.2, 0.25) is 0 Å². The van der Waals surface area contributed by atoms with Crippen molar-refractivity contribution in [2.45, 2.75) is 71.3 Å². The summed E-state index contributed by atoms with van der Waals surface area (Å²) in [6.07, 6.45) is 4.26. The normalized spacial score (nSPS) is 15.1. The third-order valence-corrected chi connectivity index (χ3v) is 6.38. The molecule has 0 aromatic heterocycles. The maximum atomic E-state index is 13.3. The Balaban J connectivity index is 1.72. The molecule has 1 fully saturated rings. The molecule has 0 spiro atoms. The quantitative estimate of drug-likeness (QED) is 0.452. The molecular formula is C26H32BrNO3. The smallest absolute Gasteiger partial charge is 0.306 e. The van der Waals surface area contributed by atoms with E-state index in [-0.39, 0.29) is 17.8 Å². The van der Waals surface area contributed by atoms with Crippen molar-refractivity contribution in [3.05, 3.63) is 63.6 Å². The summed E-state index contributed by atoms with van der Waals surface area (Å²) in [5.41, 5.74) is 3.44. The summed E-state index contributed by atoms with van der Waals surface area (Å²) in [7, 11) is 0. The van der Waals surface area contributed by atoms with Crippen molar-refractivity contribution in [2.75, 3.05) is 5.32 Å². The SMILES string of the molecule is Cc1c(CCC(=O)OC(C)(C)C)cccc1NC(=O)C(c1ccc(Br)cc1)C1CCC1. The first kappa shape index (κ1) is 23.5. The zero-order valence-electron chi connectivity index (χ0n) is 18.8. The number of aryl methyl sites for hydroxylation is 1. The lowest BCUT2D eigenvalue weighted by molar-refractivity contribution is -0.154. The Morgan fingerprint density at radius 3 is 2.39 bits per heavy atom. The van der Waals surface area contributed by atoms with Gasteiger partial charge in [0.25, 0.3) is 0 Å². The molecule has 2 aromatic carbocycles. The van der Waals surface area contributed by atoms with Gasteiger partial charge in [0.15, 0.2) is 0 Å². The Bertz CT molecular complexity index is 927. The average molecular weight is 486 g/mol. The Morgan fingerprint density at radius 2 is 1.81 bits per heavy atom. The number of esters is 1. The molecule has 0 bridgehead atoms. The van der Waals surface area contributed by atoms with Crippen LogP contribution in [0.4, 0.5) is 5.69 Å². The van der Waals surface area contributed by atoms with Crippen molar-refractivity contribution in [3.8, 4) is 0 Å². The molecule has 31 heavy (non-hydrogen) atoms. The number of hydrogen-bond donors (Lipinski definition) is 1. The summed E-state index contributed by atoms with van der Waals surface area (Å²) in [4.78, 5) is 25.4. The molecule has 1 aliphatic carbocycles. The molecule has 0 heterocycles. The predicted octanol–water partition coefficient (Wildman–Crippen LogP) is 6.55. The number of anilines is 1. The second kappa shape index (κ2) is 9.99. The fraction of sp³-hybridized carbons (Fsp3) is 0.462. The fourth-order valence-corrected chi connectivity index (χ4v) is 4.27. The minimum Gasteiger partial charge on any atom is -0.460 e. The van der Waals surface area contributed by atoms with Crippen molar-refractivity contribution in [2.24, 2.45) is 5.92 Å². The lowest BCUT2D eigenvalue weighted by Gasteiger charge is -2.33. The van der Waals surface area contributed by atoms with Crippen LogP contribution in [-0.4, -0.2) is 17.5 Å². The first-order chi connectivity index (χ1) is 14.6.